The number of likely N-dealkylation sites (tertiary alicyclic amines) is 1. The molecule has 0 aromatic heterocycles. The van der Waals surface area contributed by atoms with E-state index >= 15 is 0 Å². The van der Waals surface area contributed by atoms with Crippen LogP contribution in [-0.2, 0) is 9.53 Å². The second-order valence-corrected chi connectivity index (χ2v) is 2.77. The van der Waals surface area contributed by atoms with Crippen LogP contribution < -0.4 is 0 Å². The van der Waals surface area contributed by atoms with Gasteiger partial charge in [-0.3, -0.25) is 4.79 Å². The number of hydrogen-bond donors (Lipinski definition) is 0. The number of rotatable bonds is 2. The first-order valence-electron chi connectivity index (χ1n) is 4.12. The Morgan fingerprint density at radius 1 is 1.73 bits per heavy atom. The molecule has 1 fully saturated rings. The van der Waals surface area contributed by atoms with E-state index in [2.05, 4.69) is 0 Å². The molecule has 1 atom stereocenters. The van der Waals surface area contributed by atoms with Crippen molar-refractivity contribution in [1.82, 2.24) is 4.90 Å². The predicted octanol–water partition coefficient (Wildman–Crippen LogP) is 0.991. The molecule has 1 saturated heterocycles. The molecule has 0 bridgehead atoms. The summed E-state index contributed by atoms with van der Waals surface area (Å²) in [6.45, 7) is 2.75. The van der Waals surface area contributed by atoms with Crippen molar-refractivity contribution in [3.63, 3.8) is 0 Å². The van der Waals surface area contributed by atoms with Gasteiger partial charge in [0.15, 0.2) is 0 Å². The Balaban J connectivity index is 2.49. The molecule has 1 unspecified atom stereocenters. The van der Waals surface area contributed by atoms with Crippen LogP contribution in [0.3, 0.4) is 0 Å². The van der Waals surface area contributed by atoms with Gasteiger partial charge in [-0.1, -0.05) is 6.92 Å². The van der Waals surface area contributed by atoms with Gasteiger partial charge >= 0.3 is 0 Å². The monoisotopic (exact) mass is 157 g/mol. The number of hydrogen-bond acceptors (Lipinski definition) is 2. The Labute approximate surface area is 67.3 Å². The fourth-order valence-corrected chi connectivity index (χ4v) is 1.47. The average molecular weight is 157 g/mol. The van der Waals surface area contributed by atoms with Crippen LogP contribution in [0.15, 0.2) is 0 Å². The SMILES string of the molecule is CCC(=O)N1CCCC1OC. The van der Waals surface area contributed by atoms with Crippen LogP contribution in [0, 0.1) is 0 Å². The largest absolute Gasteiger partial charge is 0.362 e. The van der Waals surface area contributed by atoms with E-state index < -0.39 is 0 Å². The first-order chi connectivity index (χ1) is 5.29. The van der Waals surface area contributed by atoms with E-state index in [1.165, 1.54) is 0 Å². The molecule has 1 aliphatic heterocycles. The van der Waals surface area contributed by atoms with Gasteiger partial charge in [0.05, 0.1) is 0 Å². The molecule has 0 aromatic carbocycles. The van der Waals surface area contributed by atoms with Gasteiger partial charge in [0.2, 0.25) is 5.91 Å². The van der Waals surface area contributed by atoms with Crippen LogP contribution in [0.4, 0.5) is 0 Å². The highest BCUT2D eigenvalue weighted by atomic mass is 16.5. The molecule has 64 valence electrons. The van der Waals surface area contributed by atoms with Crippen LogP contribution in [0.25, 0.3) is 0 Å². The Bertz CT molecular complexity index is 147. The van der Waals surface area contributed by atoms with Gasteiger partial charge in [-0.05, 0) is 12.8 Å². The normalized spacial score (nSPS) is 24.2. The molecule has 0 radical (unpaired) electrons. The lowest BCUT2D eigenvalue weighted by atomic mass is 10.4. The zero-order valence-electron chi connectivity index (χ0n) is 7.17. The smallest absolute Gasteiger partial charge is 0.224 e. The van der Waals surface area contributed by atoms with Gasteiger partial charge in [-0.25, -0.2) is 0 Å². The van der Waals surface area contributed by atoms with Crippen molar-refractivity contribution < 1.29 is 9.53 Å². The molecule has 1 rings (SSSR count). The summed E-state index contributed by atoms with van der Waals surface area (Å²) in [7, 11) is 1.66. The van der Waals surface area contributed by atoms with Gasteiger partial charge in [0.25, 0.3) is 0 Å². The molecule has 0 aromatic rings. The van der Waals surface area contributed by atoms with E-state index in [4.69, 9.17) is 4.74 Å². The minimum absolute atomic E-state index is 0.0439. The number of methoxy groups -OCH3 is 1. The number of amides is 1. The fourth-order valence-electron chi connectivity index (χ4n) is 1.47. The summed E-state index contributed by atoms with van der Waals surface area (Å²) in [4.78, 5) is 13.0. The molecule has 3 nitrogen and oxygen atoms in total. The van der Waals surface area contributed by atoms with Gasteiger partial charge in [-0.15, -0.1) is 0 Å². The lowest BCUT2D eigenvalue weighted by molar-refractivity contribution is -0.139. The maximum Gasteiger partial charge on any atom is 0.224 e. The van der Waals surface area contributed by atoms with Gasteiger partial charge < -0.3 is 9.64 Å². The average Bonchev–Trinajstić information content (AvgIpc) is 2.50. The lowest BCUT2D eigenvalue weighted by Gasteiger charge is -2.22. The summed E-state index contributed by atoms with van der Waals surface area (Å²) >= 11 is 0. The highest BCUT2D eigenvalue weighted by Crippen LogP contribution is 2.17. The van der Waals surface area contributed by atoms with Crippen LogP contribution in [-0.4, -0.2) is 30.7 Å². The molecule has 0 spiro atoms. The number of carbonyl (C=O) groups is 1. The minimum atomic E-state index is 0.0439. The van der Waals surface area contributed by atoms with E-state index in [9.17, 15) is 4.79 Å². The van der Waals surface area contributed by atoms with E-state index in [-0.39, 0.29) is 12.1 Å². The maximum absolute atomic E-state index is 11.2. The Morgan fingerprint density at radius 2 is 2.45 bits per heavy atom. The van der Waals surface area contributed by atoms with Gasteiger partial charge in [-0.2, -0.15) is 0 Å². The third kappa shape index (κ3) is 1.71. The summed E-state index contributed by atoms with van der Waals surface area (Å²) < 4.78 is 5.15. The molecule has 0 aliphatic carbocycles. The summed E-state index contributed by atoms with van der Waals surface area (Å²) in [5.74, 6) is 0.203. The summed E-state index contributed by atoms with van der Waals surface area (Å²) in [6, 6.07) is 0. The quantitative estimate of drug-likeness (QED) is 0.598. The van der Waals surface area contributed by atoms with Crippen LogP contribution in [0.2, 0.25) is 0 Å². The van der Waals surface area contributed by atoms with Crippen molar-refractivity contribution in [3.05, 3.63) is 0 Å². The summed E-state index contributed by atoms with van der Waals surface area (Å²) in [5, 5.41) is 0. The number of nitrogens with zero attached hydrogens (tertiary/aromatic N) is 1. The maximum atomic E-state index is 11.2. The molecule has 1 amide bonds. The molecule has 3 heteroatoms. The van der Waals surface area contributed by atoms with Gasteiger partial charge in [0, 0.05) is 20.1 Å². The van der Waals surface area contributed by atoms with Crippen molar-refractivity contribution in [3.8, 4) is 0 Å². The zero-order valence-corrected chi connectivity index (χ0v) is 7.17. The molecule has 1 aliphatic rings. The second-order valence-electron chi connectivity index (χ2n) is 2.77. The Kier molecular flexibility index (Phi) is 2.88. The zero-order chi connectivity index (χ0) is 8.27. The molecular weight excluding hydrogens is 142 g/mol. The lowest BCUT2D eigenvalue weighted by Crippen LogP contribution is -2.35. The van der Waals surface area contributed by atoms with E-state index in [0.717, 1.165) is 19.4 Å². The highest BCUT2D eigenvalue weighted by Gasteiger charge is 2.26. The first kappa shape index (κ1) is 8.53. The third-order valence-electron chi connectivity index (χ3n) is 2.09. The number of carbonyl (C=O) groups excluding carboxylic acids is 1. The molecule has 0 N–H and O–H groups in total. The topological polar surface area (TPSA) is 29.5 Å². The molecule has 1 heterocycles. The van der Waals surface area contributed by atoms with Crippen molar-refractivity contribution in [2.24, 2.45) is 0 Å². The van der Waals surface area contributed by atoms with Crippen molar-refractivity contribution in [2.75, 3.05) is 13.7 Å². The predicted molar refractivity (Wildman–Crippen MR) is 42.0 cm³/mol. The third-order valence-corrected chi connectivity index (χ3v) is 2.09. The molecule has 0 saturated carbocycles. The fraction of sp³-hybridized carbons (Fsp3) is 0.875. The van der Waals surface area contributed by atoms with E-state index in [1.54, 1.807) is 7.11 Å². The Morgan fingerprint density at radius 3 is 3.00 bits per heavy atom. The van der Waals surface area contributed by atoms with E-state index in [1.807, 2.05) is 11.8 Å². The van der Waals surface area contributed by atoms with Crippen LogP contribution in [0.5, 0.6) is 0 Å². The van der Waals surface area contributed by atoms with Crippen molar-refractivity contribution in [2.45, 2.75) is 32.4 Å². The van der Waals surface area contributed by atoms with Crippen molar-refractivity contribution in [1.29, 1.82) is 0 Å². The standard InChI is InChI=1S/C8H15NO2/c1-3-7(10)9-6-4-5-8(9)11-2/h8H,3-6H2,1-2H3. The molecule has 11 heavy (non-hydrogen) atoms. The van der Waals surface area contributed by atoms with Gasteiger partial charge in [0.1, 0.15) is 6.23 Å². The number of ether oxygens (including phenoxy) is 1. The van der Waals surface area contributed by atoms with Crippen LogP contribution >= 0.6 is 0 Å². The van der Waals surface area contributed by atoms with Crippen molar-refractivity contribution >= 4 is 5.91 Å². The summed E-state index contributed by atoms with van der Waals surface area (Å²) in [5.41, 5.74) is 0. The first-order valence-corrected chi connectivity index (χ1v) is 4.12. The molecular formula is C8H15NO2. The van der Waals surface area contributed by atoms with Crippen LogP contribution in [0.1, 0.15) is 26.2 Å². The second kappa shape index (κ2) is 3.72. The Hall–Kier alpha value is -0.570. The minimum Gasteiger partial charge on any atom is -0.362 e. The summed E-state index contributed by atoms with van der Waals surface area (Å²) in [6.07, 6.45) is 2.69. The highest BCUT2D eigenvalue weighted by molar-refractivity contribution is 5.76. The van der Waals surface area contributed by atoms with E-state index in [0.29, 0.717) is 6.42 Å².